The molecule has 0 saturated carbocycles. The van der Waals surface area contributed by atoms with Gasteiger partial charge in [0.1, 0.15) is 17.5 Å². The molecule has 0 spiro atoms. The number of nitrogens with one attached hydrogen (secondary N) is 1. The van der Waals surface area contributed by atoms with Crippen LogP contribution in [0.25, 0.3) is 0 Å². The number of morpholine rings is 1. The molecular formula is C16H17F2N3O3S. The molecule has 9 heteroatoms. The van der Waals surface area contributed by atoms with Gasteiger partial charge in [0.15, 0.2) is 0 Å². The highest BCUT2D eigenvalue weighted by molar-refractivity contribution is 7.89. The van der Waals surface area contributed by atoms with E-state index in [0.717, 1.165) is 31.0 Å². The molecule has 1 aliphatic heterocycles. The summed E-state index contributed by atoms with van der Waals surface area (Å²) in [6.45, 7) is 2.77. The van der Waals surface area contributed by atoms with E-state index in [2.05, 4.69) is 14.6 Å². The average Bonchev–Trinajstić information content (AvgIpc) is 2.60. The van der Waals surface area contributed by atoms with Crippen LogP contribution in [0.15, 0.2) is 41.4 Å². The standard InChI is InChI=1S/C16H17F2N3O3S/c17-13-7-14(18)9-15(8-13)25(22,23)20-11-12-1-2-16(19-10-12)21-3-5-24-6-4-21/h1-2,7-10,20H,3-6,11H2. The number of rotatable bonds is 5. The molecule has 0 bridgehead atoms. The third-order valence-corrected chi connectivity index (χ3v) is 5.14. The topological polar surface area (TPSA) is 71.5 Å². The van der Waals surface area contributed by atoms with E-state index >= 15 is 0 Å². The van der Waals surface area contributed by atoms with Crippen LogP contribution in [0, 0.1) is 11.6 Å². The number of ether oxygens (including phenoxy) is 1. The molecule has 0 amide bonds. The largest absolute Gasteiger partial charge is 0.378 e. The zero-order chi connectivity index (χ0) is 17.9. The van der Waals surface area contributed by atoms with Crippen molar-refractivity contribution >= 4 is 15.8 Å². The van der Waals surface area contributed by atoms with E-state index in [1.165, 1.54) is 0 Å². The Bertz CT molecular complexity index is 818. The van der Waals surface area contributed by atoms with Crippen molar-refractivity contribution in [1.82, 2.24) is 9.71 Å². The SMILES string of the molecule is O=S(=O)(NCc1ccc(N2CCOCC2)nc1)c1cc(F)cc(F)c1. The van der Waals surface area contributed by atoms with E-state index in [4.69, 9.17) is 4.74 Å². The number of halogens is 2. The van der Waals surface area contributed by atoms with Crippen LogP contribution in [-0.2, 0) is 21.3 Å². The Labute approximate surface area is 144 Å². The van der Waals surface area contributed by atoms with Gasteiger partial charge in [-0.05, 0) is 23.8 Å². The molecular weight excluding hydrogens is 352 g/mol. The lowest BCUT2D eigenvalue weighted by atomic mass is 10.3. The van der Waals surface area contributed by atoms with Gasteiger partial charge < -0.3 is 9.64 Å². The van der Waals surface area contributed by atoms with Crippen LogP contribution in [0.1, 0.15) is 5.56 Å². The zero-order valence-electron chi connectivity index (χ0n) is 13.3. The summed E-state index contributed by atoms with van der Waals surface area (Å²) in [7, 11) is -4.02. The molecule has 0 atom stereocenters. The minimum Gasteiger partial charge on any atom is -0.378 e. The maximum absolute atomic E-state index is 13.2. The zero-order valence-corrected chi connectivity index (χ0v) is 14.1. The summed E-state index contributed by atoms with van der Waals surface area (Å²) in [4.78, 5) is 5.94. The van der Waals surface area contributed by atoms with Crippen LogP contribution >= 0.6 is 0 Å². The second kappa shape index (κ2) is 7.42. The maximum Gasteiger partial charge on any atom is 0.241 e. The number of aromatic nitrogens is 1. The molecule has 1 N–H and O–H groups in total. The lowest BCUT2D eigenvalue weighted by Gasteiger charge is -2.27. The monoisotopic (exact) mass is 369 g/mol. The highest BCUT2D eigenvalue weighted by atomic mass is 32.2. The van der Waals surface area contributed by atoms with Crippen molar-refractivity contribution in [3.8, 4) is 0 Å². The third kappa shape index (κ3) is 4.50. The molecule has 1 saturated heterocycles. The first-order valence-corrected chi connectivity index (χ1v) is 9.16. The van der Waals surface area contributed by atoms with Crippen molar-refractivity contribution in [3.05, 3.63) is 53.7 Å². The number of anilines is 1. The summed E-state index contributed by atoms with van der Waals surface area (Å²) < 4.78 is 58.2. The fourth-order valence-electron chi connectivity index (χ4n) is 2.45. The van der Waals surface area contributed by atoms with Gasteiger partial charge in [-0.2, -0.15) is 0 Å². The van der Waals surface area contributed by atoms with Crippen LogP contribution in [0.4, 0.5) is 14.6 Å². The highest BCUT2D eigenvalue weighted by Gasteiger charge is 2.17. The van der Waals surface area contributed by atoms with Crippen molar-refractivity contribution in [2.24, 2.45) is 0 Å². The van der Waals surface area contributed by atoms with E-state index in [1.807, 2.05) is 0 Å². The quantitative estimate of drug-likeness (QED) is 0.868. The lowest BCUT2D eigenvalue weighted by Crippen LogP contribution is -2.36. The van der Waals surface area contributed by atoms with Crippen molar-refractivity contribution in [2.75, 3.05) is 31.2 Å². The van der Waals surface area contributed by atoms with Crippen LogP contribution < -0.4 is 9.62 Å². The van der Waals surface area contributed by atoms with Gasteiger partial charge in [0.2, 0.25) is 10.0 Å². The summed E-state index contributed by atoms with van der Waals surface area (Å²) in [5.74, 6) is -1.10. The summed E-state index contributed by atoms with van der Waals surface area (Å²) in [6.07, 6.45) is 1.57. The molecule has 1 fully saturated rings. The van der Waals surface area contributed by atoms with Crippen LogP contribution in [-0.4, -0.2) is 39.7 Å². The Morgan fingerprint density at radius 2 is 1.80 bits per heavy atom. The van der Waals surface area contributed by atoms with Crippen LogP contribution in [0.2, 0.25) is 0 Å². The molecule has 0 aliphatic carbocycles. The predicted molar refractivity (Wildman–Crippen MR) is 87.7 cm³/mol. The predicted octanol–water partition coefficient (Wildman–Crippen LogP) is 1.67. The number of sulfonamides is 1. The number of benzene rings is 1. The second-order valence-corrected chi connectivity index (χ2v) is 7.32. The van der Waals surface area contributed by atoms with Crippen LogP contribution in [0.3, 0.4) is 0 Å². The lowest BCUT2D eigenvalue weighted by molar-refractivity contribution is 0.122. The van der Waals surface area contributed by atoms with Gasteiger partial charge in [-0.1, -0.05) is 6.07 Å². The van der Waals surface area contributed by atoms with Gasteiger partial charge in [-0.25, -0.2) is 26.9 Å². The first kappa shape index (κ1) is 17.7. The molecule has 1 aromatic heterocycles. The number of pyridine rings is 1. The highest BCUT2D eigenvalue weighted by Crippen LogP contribution is 2.15. The molecule has 2 heterocycles. The molecule has 3 rings (SSSR count). The van der Waals surface area contributed by atoms with Gasteiger partial charge >= 0.3 is 0 Å². The molecule has 0 unspecified atom stereocenters. The molecule has 6 nitrogen and oxygen atoms in total. The molecule has 25 heavy (non-hydrogen) atoms. The molecule has 1 aliphatic rings. The van der Waals surface area contributed by atoms with Gasteiger partial charge in [0, 0.05) is 31.9 Å². The second-order valence-electron chi connectivity index (χ2n) is 5.55. The van der Waals surface area contributed by atoms with Crippen molar-refractivity contribution in [1.29, 1.82) is 0 Å². The molecule has 1 aromatic carbocycles. The van der Waals surface area contributed by atoms with Gasteiger partial charge in [-0.15, -0.1) is 0 Å². The first-order chi connectivity index (χ1) is 11.9. The molecule has 2 aromatic rings. The van der Waals surface area contributed by atoms with Crippen molar-refractivity contribution in [2.45, 2.75) is 11.4 Å². The summed E-state index contributed by atoms with van der Waals surface area (Å²) >= 11 is 0. The summed E-state index contributed by atoms with van der Waals surface area (Å²) in [6, 6.07) is 5.72. The Hall–Kier alpha value is -2.10. The maximum atomic E-state index is 13.2. The van der Waals surface area contributed by atoms with Gasteiger partial charge in [-0.3, -0.25) is 0 Å². The van der Waals surface area contributed by atoms with E-state index < -0.39 is 26.6 Å². The first-order valence-electron chi connectivity index (χ1n) is 7.67. The van der Waals surface area contributed by atoms with Crippen LogP contribution in [0.5, 0.6) is 0 Å². The normalized spacial score (nSPS) is 15.4. The number of nitrogens with zero attached hydrogens (tertiary/aromatic N) is 2. The smallest absolute Gasteiger partial charge is 0.241 e. The fraction of sp³-hybridized carbons (Fsp3) is 0.312. The number of hydrogen-bond donors (Lipinski definition) is 1. The van der Waals surface area contributed by atoms with E-state index in [1.54, 1.807) is 18.3 Å². The van der Waals surface area contributed by atoms with Crippen molar-refractivity contribution in [3.63, 3.8) is 0 Å². The molecule has 0 radical (unpaired) electrons. The number of hydrogen-bond acceptors (Lipinski definition) is 5. The summed E-state index contributed by atoms with van der Waals surface area (Å²) in [5, 5.41) is 0. The van der Waals surface area contributed by atoms with E-state index in [0.29, 0.717) is 24.8 Å². The summed E-state index contributed by atoms with van der Waals surface area (Å²) in [5.41, 5.74) is 0.637. The minimum absolute atomic E-state index is 0.0309. The third-order valence-electron chi connectivity index (χ3n) is 3.76. The van der Waals surface area contributed by atoms with Gasteiger partial charge in [0.05, 0.1) is 18.1 Å². The van der Waals surface area contributed by atoms with E-state index in [-0.39, 0.29) is 6.54 Å². The van der Waals surface area contributed by atoms with E-state index in [9.17, 15) is 17.2 Å². The Morgan fingerprint density at radius 1 is 1.12 bits per heavy atom. The Kier molecular flexibility index (Phi) is 5.26. The Balaban J connectivity index is 1.66. The molecule has 134 valence electrons. The Morgan fingerprint density at radius 3 is 2.40 bits per heavy atom. The van der Waals surface area contributed by atoms with Crippen molar-refractivity contribution < 1.29 is 21.9 Å². The minimum atomic E-state index is -4.02. The average molecular weight is 369 g/mol. The van der Waals surface area contributed by atoms with Gasteiger partial charge in [0.25, 0.3) is 0 Å². The fourth-order valence-corrected chi connectivity index (χ4v) is 3.50.